The standard InChI is InChI=1S/C21H20N6O3S/c1-13-18(31-21(26-13)14-6-7-16(29-2)17(9-14)30-3)20(28)24-10-15-5-4-8-23-19(15)27-12-22-11-25-27/h4-9,11-12H,10H2,1-3H3,(H,24,28). The van der Waals surface area contributed by atoms with Crippen LogP contribution < -0.4 is 14.8 Å². The lowest BCUT2D eigenvalue weighted by atomic mass is 10.2. The van der Waals surface area contributed by atoms with Crippen molar-refractivity contribution in [1.82, 2.24) is 30.0 Å². The molecule has 31 heavy (non-hydrogen) atoms. The Labute approximate surface area is 182 Å². The van der Waals surface area contributed by atoms with Gasteiger partial charge >= 0.3 is 0 Å². The van der Waals surface area contributed by atoms with Gasteiger partial charge in [0.2, 0.25) is 0 Å². The van der Waals surface area contributed by atoms with Gasteiger partial charge in [-0.25, -0.2) is 19.6 Å². The van der Waals surface area contributed by atoms with Crippen LogP contribution in [0.15, 0.2) is 49.2 Å². The van der Waals surface area contributed by atoms with Crippen molar-refractivity contribution >= 4 is 17.2 Å². The van der Waals surface area contributed by atoms with Crippen molar-refractivity contribution in [3.8, 4) is 27.9 Å². The van der Waals surface area contributed by atoms with Crippen LogP contribution in [0.1, 0.15) is 20.9 Å². The van der Waals surface area contributed by atoms with Crippen molar-refractivity contribution in [1.29, 1.82) is 0 Å². The zero-order valence-corrected chi connectivity index (χ0v) is 18.0. The molecule has 3 heterocycles. The summed E-state index contributed by atoms with van der Waals surface area (Å²) in [5.74, 6) is 1.66. The second-order valence-electron chi connectivity index (χ2n) is 6.51. The number of aryl methyl sites for hydroxylation is 1. The van der Waals surface area contributed by atoms with Crippen LogP contribution in [-0.4, -0.2) is 44.9 Å². The van der Waals surface area contributed by atoms with Crippen LogP contribution in [0.25, 0.3) is 16.4 Å². The second-order valence-corrected chi connectivity index (χ2v) is 7.51. The van der Waals surface area contributed by atoms with Gasteiger partial charge in [0.25, 0.3) is 5.91 Å². The fraction of sp³-hybridized carbons (Fsp3) is 0.190. The fourth-order valence-corrected chi connectivity index (χ4v) is 4.03. The van der Waals surface area contributed by atoms with Crippen molar-refractivity contribution in [2.24, 2.45) is 0 Å². The Morgan fingerprint density at radius 1 is 1.19 bits per heavy atom. The van der Waals surface area contributed by atoms with Crippen molar-refractivity contribution in [2.75, 3.05) is 14.2 Å². The molecule has 1 aromatic carbocycles. The maximum atomic E-state index is 12.9. The van der Waals surface area contributed by atoms with Crippen molar-refractivity contribution in [3.05, 3.63) is 65.3 Å². The number of hydrogen-bond donors (Lipinski definition) is 1. The van der Waals surface area contributed by atoms with Gasteiger partial charge in [-0.15, -0.1) is 11.3 Å². The molecule has 0 atom stereocenters. The molecular formula is C21H20N6O3S. The molecule has 3 aromatic heterocycles. The van der Waals surface area contributed by atoms with Crippen LogP contribution >= 0.6 is 11.3 Å². The quantitative estimate of drug-likeness (QED) is 0.475. The summed E-state index contributed by atoms with van der Waals surface area (Å²) in [6.45, 7) is 2.12. The Balaban J connectivity index is 1.53. The third-order valence-electron chi connectivity index (χ3n) is 4.58. The number of ether oxygens (including phenoxy) is 2. The Hall–Kier alpha value is -3.79. The molecule has 0 bridgehead atoms. The summed E-state index contributed by atoms with van der Waals surface area (Å²) < 4.78 is 12.2. The number of pyridine rings is 1. The fourth-order valence-electron chi connectivity index (χ4n) is 3.05. The molecule has 9 nitrogen and oxygen atoms in total. The van der Waals surface area contributed by atoms with E-state index < -0.39 is 0 Å². The molecule has 4 rings (SSSR count). The number of carbonyl (C=O) groups is 1. The van der Waals surface area contributed by atoms with Gasteiger partial charge in [-0.2, -0.15) is 5.10 Å². The largest absolute Gasteiger partial charge is 0.493 e. The number of rotatable bonds is 7. The summed E-state index contributed by atoms with van der Waals surface area (Å²) >= 11 is 1.33. The highest BCUT2D eigenvalue weighted by Crippen LogP contribution is 2.35. The summed E-state index contributed by atoms with van der Waals surface area (Å²) in [7, 11) is 3.17. The van der Waals surface area contributed by atoms with E-state index in [2.05, 4.69) is 25.4 Å². The van der Waals surface area contributed by atoms with Crippen molar-refractivity contribution < 1.29 is 14.3 Å². The monoisotopic (exact) mass is 436 g/mol. The zero-order valence-electron chi connectivity index (χ0n) is 17.2. The Morgan fingerprint density at radius 3 is 2.77 bits per heavy atom. The highest BCUT2D eigenvalue weighted by atomic mass is 32.1. The predicted molar refractivity (Wildman–Crippen MR) is 116 cm³/mol. The molecule has 0 spiro atoms. The molecule has 0 saturated heterocycles. The Kier molecular flexibility index (Phi) is 5.89. The average Bonchev–Trinajstić information content (AvgIpc) is 3.47. The number of benzene rings is 1. The molecular weight excluding hydrogens is 416 g/mol. The number of hydrogen-bond acceptors (Lipinski definition) is 8. The van der Waals surface area contributed by atoms with E-state index in [4.69, 9.17) is 9.47 Å². The molecule has 0 fully saturated rings. The molecule has 1 amide bonds. The van der Waals surface area contributed by atoms with E-state index in [1.54, 1.807) is 31.4 Å². The number of nitrogens with zero attached hydrogens (tertiary/aromatic N) is 5. The maximum Gasteiger partial charge on any atom is 0.263 e. The normalized spacial score (nSPS) is 10.7. The summed E-state index contributed by atoms with van der Waals surface area (Å²) in [6.07, 6.45) is 4.68. The van der Waals surface area contributed by atoms with E-state index in [9.17, 15) is 4.79 Å². The maximum absolute atomic E-state index is 12.9. The van der Waals surface area contributed by atoms with Gasteiger partial charge in [-0.05, 0) is 31.2 Å². The molecule has 1 N–H and O–H groups in total. The number of amides is 1. The van der Waals surface area contributed by atoms with Crippen molar-refractivity contribution in [2.45, 2.75) is 13.5 Å². The van der Waals surface area contributed by atoms with E-state index >= 15 is 0 Å². The average molecular weight is 436 g/mol. The van der Waals surface area contributed by atoms with Crippen LogP contribution in [0.3, 0.4) is 0 Å². The number of carbonyl (C=O) groups excluding carboxylic acids is 1. The smallest absolute Gasteiger partial charge is 0.263 e. The van der Waals surface area contributed by atoms with Gasteiger partial charge in [0.1, 0.15) is 22.5 Å². The zero-order chi connectivity index (χ0) is 21.8. The first-order chi connectivity index (χ1) is 15.1. The first-order valence-electron chi connectivity index (χ1n) is 9.37. The first kappa shape index (κ1) is 20.5. The molecule has 0 unspecified atom stereocenters. The molecule has 0 radical (unpaired) electrons. The van der Waals surface area contributed by atoms with E-state index in [-0.39, 0.29) is 5.91 Å². The Bertz CT molecular complexity index is 1210. The van der Waals surface area contributed by atoms with Gasteiger partial charge in [0.15, 0.2) is 17.3 Å². The molecule has 4 aromatic rings. The highest BCUT2D eigenvalue weighted by Gasteiger charge is 2.18. The molecule has 0 aliphatic carbocycles. The van der Waals surface area contributed by atoms with Crippen LogP contribution in [-0.2, 0) is 6.54 Å². The summed E-state index contributed by atoms with van der Waals surface area (Å²) in [6, 6.07) is 9.26. The van der Waals surface area contributed by atoms with Crippen LogP contribution in [0.5, 0.6) is 11.5 Å². The van der Waals surface area contributed by atoms with Gasteiger partial charge in [0.05, 0.1) is 19.9 Å². The predicted octanol–water partition coefficient (Wildman–Crippen LogP) is 3.04. The lowest BCUT2D eigenvalue weighted by Crippen LogP contribution is -2.23. The number of methoxy groups -OCH3 is 2. The van der Waals surface area contributed by atoms with Gasteiger partial charge in [-0.3, -0.25) is 4.79 Å². The number of thiazole rings is 1. The summed E-state index contributed by atoms with van der Waals surface area (Å²) in [5.41, 5.74) is 2.34. The van der Waals surface area contributed by atoms with Gasteiger partial charge < -0.3 is 14.8 Å². The lowest BCUT2D eigenvalue weighted by molar-refractivity contribution is 0.0954. The molecule has 0 aliphatic heterocycles. The molecule has 158 valence electrons. The lowest BCUT2D eigenvalue weighted by Gasteiger charge is -2.09. The number of nitrogens with one attached hydrogen (secondary N) is 1. The minimum Gasteiger partial charge on any atom is -0.493 e. The molecule has 10 heteroatoms. The minimum absolute atomic E-state index is 0.199. The van der Waals surface area contributed by atoms with Crippen molar-refractivity contribution in [3.63, 3.8) is 0 Å². The first-order valence-corrected chi connectivity index (χ1v) is 10.2. The molecule has 0 saturated carbocycles. The SMILES string of the molecule is COc1ccc(-c2nc(C)c(C(=O)NCc3cccnc3-n3cncn3)s2)cc1OC. The Morgan fingerprint density at radius 2 is 2.03 bits per heavy atom. The van der Waals surface area contributed by atoms with E-state index in [1.165, 1.54) is 17.7 Å². The number of aromatic nitrogens is 5. The van der Waals surface area contributed by atoms with E-state index in [1.807, 2.05) is 37.3 Å². The summed E-state index contributed by atoms with van der Waals surface area (Å²) in [5, 5.41) is 7.79. The third-order valence-corrected chi connectivity index (χ3v) is 5.78. The van der Waals surface area contributed by atoms with E-state index in [0.29, 0.717) is 34.4 Å². The highest BCUT2D eigenvalue weighted by molar-refractivity contribution is 7.17. The third kappa shape index (κ3) is 4.24. The molecule has 0 aliphatic rings. The van der Waals surface area contributed by atoms with E-state index in [0.717, 1.165) is 16.1 Å². The second kappa shape index (κ2) is 8.92. The topological polar surface area (TPSA) is 104 Å². The van der Waals surface area contributed by atoms with Crippen LogP contribution in [0.4, 0.5) is 0 Å². The summed E-state index contributed by atoms with van der Waals surface area (Å²) in [4.78, 5) is 26.3. The van der Waals surface area contributed by atoms with Crippen LogP contribution in [0.2, 0.25) is 0 Å². The van der Waals surface area contributed by atoms with Gasteiger partial charge in [0, 0.05) is 23.9 Å². The van der Waals surface area contributed by atoms with Gasteiger partial charge in [-0.1, -0.05) is 6.07 Å². The van der Waals surface area contributed by atoms with Crippen LogP contribution in [0, 0.1) is 6.92 Å². The minimum atomic E-state index is -0.199.